The van der Waals surface area contributed by atoms with Crippen molar-refractivity contribution in [2.24, 2.45) is 5.92 Å². The van der Waals surface area contributed by atoms with Gasteiger partial charge in [0.2, 0.25) is 0 Å². The maximum Gasteiger partial charge on any atom is 0.335 e. The quantitative estimate of drug-likeness (QED) is 0.780. The van der Waals surface area contributed by atoms with Gasteiger partial charge in [-0.2, -0.15) is 0 Å². The van der Waals surface area contributed by atoms with Crippen LogP contribution in [-0.2, 0) is 0 Å². The average Bonchev–Trinajstić information content (AvgIpc) is 3.02. The van der Waals surface area contributed by atoms with Crippen molar-refractivity contribution >= 4 is 11.7 Å². The number of nitrogens with one attached hydrogen (secondary N) is 1. The van der Waals surface area contributed by atoms with Gasteiger partial charge in [0.1, 0.15) is 0 Å². The molecule has 2 aliphatic rings. The molecule has 2 aromatic rings. The van der Waals surface area contributed by atoms with Crippen molar-refractivity contribution in [3.63, 3.8) is 0 Å². The highest BCUT2D eigenvalue weighted by Gasteiger charge is 2.38. The molecular weight excluding hydrogens is 298 g/mol. The van der Waals surface area contributed by atoms with Gasteiger partial charge in [-0.15, -0.1) is 0 Å². The van der Waals surface area contributed by atoms with Gasteiger partial charge in [0.25, 0.3) is 0 Å². The largest absolute Gasteiger partial charge is 0.478 e. The van der Waals surface area contributed by atoms with Gasteiger partial charge in [-0.3, -0.25) is 0 Å². The number of anilines is 1. The molecule has 1 aliphatic heterocycles. The van der Waals surface area contributed by atoms with E-state index in [1.165, 1.54) is 22.4 Å². The number of rotatable bonds is 2. The lowest BCUT2D eigenvalue weighted by Crippen LogP contribution is -2.29. The lowest BCUT2D eigenvalue weighted by atomic mass is 9.75. The fourth-order valence-corrected chi connectivity index (χ4v) is 4.30. The fourth-order valence-electron chi connectivity index (χ4n) is 4.30. The minimum Gasteiger partial charge on any atom is -0.478 e. The Morgan fingerprint density at radius 3 is 2.62 bits per heavy atom. The molecule has 3 atom stereocenters. The third-order valence-electron chi connectivity index (χ3n) is 5.33. The van der Waals surface area contributed by atoms with Crippen LogP contribution in [0, 0.1) is 19.8 Å². The van der Waals surface area contributed by atoms with Gasteiger partial charge in [0.05, 0.1) is 11.6 Å². The molecule has 0 aromatic heterocycles. The van der Waals surface area contributed by atoms with Crippen LogP contribution in [0.3, 0.4) is 0 Å². The molecule has 24 heavy (non-hydrogen) atoms. The number of hydrogen-bond donors (Lipinski definition) is 2. The summed E-state index contributed by atoms with van der Waals surface area (Å²) in [5, 5.41) is 12.8. The minimum absolute atomic E-state index is 0.210. The van der Waals surface area contributed by atoms with E-state index in [0.717, 1.165) is 12.0 Å². The van der Waals surface area contributed by atoms with Gasteiger partial charge in [0.15, 0.2) is 0 Å². The molecule has 0 spiro atoms. The lowest BCUT2D eigenvalue weighted by molar-refractivity contribution is 0.0697. The molecule has 0 radical (unpaired) electrons. The number of aryl methyl sites for hydroxylation is 2. The Labute approximate surface area is 142 Å². The number of allylic oxidation sites excluding steroid dienone is 2. The van der Waals surface area contributed by atoms with Gasteiger partial charge in [-0.25, -0.2) is 4.79 Å². The first kappa shape index (κ1) is 15.0. The average molecular weight is 319 g/mol. The topological polar surface area (TPSA) is 49.3 Å². The van der Waals surface area contributed by atoms with Crippen molar-refractivity contribution in [3.05, 3.63) is 76.4 Å². The molecule has 0 bridgehead atoms. The molecule has 3 nitrogen and oxygen atoms in total. The van der Waals surface area contributed by atoms with E-state index in [2.05, 4.69) is 43.4 Å². The normalized spacial score (nSPS) is 24.2. The fraction of sp³-hybridized carbons (Fsp3) is 0.286. The molecule has 3 heteroatoms. The predicted molar refractivity (Wildman–Crippen MR) is 95.7 cm³/mol. The van der Waals surface area contributed by atoms with E-state index in [9.17, 15) is 4.79 Å². The zero-order valence-electron chi connectivity index (χ0n) is 13.9. The number of fused-ring (bicyclic) bond motifs is 3. The SMILES string of the molecule is Cc1cc(C)c2c(c1)N[C@H](c1ccc(C(=O)O)cc1)C1CC=CC21. The van der Waals surface area contributed by atoms with Crippen LogP contribution < -0.4 is 5.32 Å². The van der Waals surface area contributed by atoms with Crippen molar-refractivity contribution in [1.29, 1.82) is 0 Å². The third kappa shape index (κ3) is 2.32. The van der Waals surface area contributed by atoms with Crippen LogP contribution >= 0.6 is 0 Å². The predicted octanol–water partition coefficient (Wildman–Crippen LogP) is 4.83. The Hall–Kier alpha value is -2.55. The Kier molecular flexibility index (Phi) is 3.45. The first-order chi connectivity index (χ1) is 11.5. The zero-order chi connectivity index (χ0) is 16.8. The van der Waals surface area contributed by atoms with E-state index in [1.807, 2.05) is 12.1 Å². The smallest absolute Gasteiger partial charge is 0.335 e. The highest BCUT2D eigenvalue weighted by Crippen LogP contribution is 2.50. The molecular formula is C21H21NO2. The van der Waals surface area contributed by atoms with Crippen molar-refractivity contribution in [3.8, 4) is 0 Å². The Morgan fingerprint density at radius 2 is 1.92 bits per heavy atom. The molecule has 2 aromatic carbocycles. The lowest BCUT2D eigenvalue weighted by Gasteiger charge is -2.38. The maximum atomic E-state index is 11.1. The summed E-state index contributed by atoms with van der Waals surface area (Å²) in [6.07, 6.45) is 5.67. The third-order valence-corrected chi connectivity index (χ3v) is 5.33. The highest BCUT2D eigenvalue weighted by molar-refractivity contribution is 5.87. The first-order valence-electron chi connectivity index (χ1n) is 8.42. The van der Waals surface area contributed by atoms with Gasteiger partial charge in [-0.05, 0) is 66.6 Å². The Morgan fingerprint density at radius 1 is 1.17 bits per heavy atom. The van der Waals surface area contributed by atoms with Crippen LogP contribution in [0.4, 0.5) is 5.69 Å². The number of benzene rings is 2. The van der Waals surface area contributed by atoms with Crippen LogP contribution in [0.25, 0.3) is 0 Å². The van der Waals surface area contributed by atoms with Gasteiger partial charge >= 0.3 is 5.97 Å². The summed E-state index contributed by atoms with van der Waals surface area (Å²) in [6, 6.07) is 12.0. The van der Waals surface area contributed by atoms with E-state index < -0.39 is 5.97 Å². The standard InChI is InChI=1S/C21H21NO2/c1-12-10-13(2)19-16-4-3-5-17(16)20(22-18(19)11-12)14-6-8-15(9-7-14)21(23)24/h3-4,6-11,16-17,20,22H,5H2,1-2H3,(H,23,24)/t16?,17?,20-/m1/s1. The molecule has 1 heterocycles. The number of carboxylic acid groups (broad SMARTS) is 1. The molecule has 0 saturated carbocycles. The number of hydrogen-bond acceptors (Lipinski definition) is 2. The monoisotopic (exact) mass is 319 g/mol. The van der Waals surface area contributed by atoms with E-state index >= 15 is 0 Å². The summed E-state index contributed by atoms with van der Waals surface area (Å²) >= 11 is 0. The van der Waals surface area contributed by atoms with E-state index in [1.54, 1.807) is 12.1 Å². The van der Waals surface area contributed by atoms with Gasteiger partial charge in [-0.1, -0.05) is 30.4 Å². The second-order valence-corrected chi connectivity index (χ2v) is 6.95. The second kappa shape index (κ2) is 5.52. The summed E-state index contributed by atoms with van der Waals surface area (Å²) in [6.45, 7) is 4.32. The van der Waals surface area contributed by atoms with Crippen molar-refractivity contribution in [2.75, 3.05) is 5.32 Å². The van der Waals surface area contributed by atoms with Crippen molar-refractivity contribution in [2.45, 2.75) is 32.2 Å². The van der Waals surface area contributed by atoms with Crippen molar-refractivity contribution < 1.29 is 9.90 Å². The van der Waals surface area contributed by atoms with E-state index in [4.69, 9.17) is 5.11 Å². The number of carboxylic acids is 1. The molecule has 0 amide bonds. The maximum absolute atomic E-state index is 11.1. The summed E-state index contributed by atoms with van der Waals surface area (Å²) in [5.74, 6) is 0.0377. The molecule has 0 fully saturated rings. The number of carbonyl (C=O) groups is 1. The van der Waals surface area contributed by atoms with Crippen LogP contribution in [0.15, 0.2) is 48.6 Å². The molecule has 2 unspecified atom stereocenters. The van der Waals surface area contributed by atoms with E-state index in [-0.39, 0.29) is 6.04 Å². The molecule has 0 saturated heterocycles. The first-order valence-corrected chi connectivity index (χ1v) is 8.42. The minimum atomic E-state index is -0.879. The summed E-state index contributed by atoms with van der Waals surface area (Å²) in [7, 11) is 0. The van der Waals surface area contributed by atoms with Crippen molar-refractivity contribution in [1.82, 2.24) is 0 Å². The van der Waals surface area contributed by atoms with Crippen LogP contribution in [0.1, 0.15) is 51.0 Å². The summed E-state index contributed by atoms with van der Waals surface area (Å²) in [4.78, 5) is 11.1. The molecule has 122 valence electrons. The summed E-state index contributed by atoms with van der Waals surface area (Å²) in [5.41, 5.74) is 6.73. The highest BCUT2D eigenvalue weighted by atomic mass is 16.4. The molecule has 2 N–H and O–H groups in total. The molecule has 1 aliphatic carbocycles. The Bertz CT molecular complexity index is 836. The summed E-state index contributed by atoms with van der Waals surface area (Å²) < 4.78 is 0. The van der Waals surface area contributed by atoms with Crippen LogP contribution in [0.5, 0.6) is 0 Å². The van der Waals surface area contributed by atoms with Gasteiger partial charge in [0, 0.05) is 11.6 Å². The van der Waals surface area contributed by atoms with Crippen LogP contribution in [0.2, 0.25) is 0 Å². The van der Waals surface area contributed by atoms with Crippen LogP contribution in [-0.4, -0.2) is 11.1 Å². The van der Waals surface area contributed by atoms with E-state index in [0.29, 0.717) is 17.4 Å². The second-order valence-electron chi connectivity index (χ2n) is 6.95. The zero-order valence-corrected chi connectivity index (χ0v) is 13.9. The Balaban J connectivity index is 1.76. The number of aromatic carboxylic acids is 1. The van der Waals surface area contributed by atoms with Gasteiger partial charge < -0.3 is 10.4 Å². The molecule has 4 rings (SSSR count).